The first-order chi connectivity index (χ1) is 15.1. The van der Waals surface area contributed by atoms with E-state index in [1.54, 1.807) is 31.3 Å². The second-order valence-electron chi connectivity index (χ2n) is 8.07. The van der Waals surface area contributed by atoms with Crippen molar-refractivity contribution in [1.82, 2.24) is 4.90 Å². The monoisotopic (exact) mass is 480 g/mol. The van der Waals surface area contributed by atoms with Crippen LogP contribution in [0.1, 0.15) is 31.2 Å². The lowest BCUT2D eigenvalue weighted by molar-refractivity contribution is -0.133. The van der Waals surface area contributed by atoms with E-state index in [1.807, 2.05) is 6.92 Å². The van der Waals surface area contributed by atoms with Crippen LogP contribution >= 0.6 is 11.6 Å². The van der Waals surface area contributed by atoms with E-state index in [4.69, 9.17) is 16.3 Å². The zero-order valence-electron chi connectivity index (χ0n) is 18.5. The Morgan fingerprint density at radius 2 is 1.81 bits per heavy atom. The minimum atomic E-state index is -4.06. The molecule has 2 unspecified atom stereocenters. The SMILES string of the molecule is COc1ccc(N(CC(=O)N(C)C2CCCCC2O)S(=O)(=O)c2ccc(C)cc2)cc1Cl. The number of aliphatic hydroxyl groups excluding tert-OH is 1. The second kappa shape index (κ2) is 10.1. The Morgan fingerprint density at radius 1 is 1.16 bits per heavy atom. The summed E-state index contributed by atoms with van der Waals surface area (Å²) in [5.41, 5.74) is 1.17. The second-order valence-corrected chi connectivity index (χ2v) is 10.3. The number of halogens is 1. The Balaban J connectivity index is 1.97. The standard InChI is InChI=1S/C23H29ClN2O5S/c1-16-8-11-18(12-9-16)32(29,30)26(17-10-13-22(31-3)19(24)14-17)15-23(28)25(2)20-6-4-5-7-21(20)27/h8-14,20-21,27H,4-7,15H2,1-3H3. The minimum Gasteiger partial charge on any atom is -0.495 e. The molecule has 2 aromatic rings. The fourth-order valence-electron chi connectivity index (χ4n) is 3.93. The van der Waals surface area contributed by atoms with Crippen LogP contribution in [0.2, 0.25) is 5.02 Å². The van der Waals surface area contributed by atoms with Crippen LogP contribution in [0.3, 0.4) is 0 Å². The number of nitrogens with zero attached hydrogens (tertiary/aromatic N) is 2. The summed E-state index contributed by atoms with van der Waals surface area (Å²) in [5.74, 6) is -0.00421. The highest BCUT2D eigenvalue weighted by atomic mass is 35.5. The number of rotatable bonds is 7. The highest BCUT2D eigenvalue weighted by Gasteiger charge is 2.33. The molecule has 0 heterocycles. The van der Waals surface area contributed by atoms with Crippen molar-refractivity contribution in [1.29, 1.82) is 0 Å². The number of carbonyl (C=O) groups excluding carboxylic acids is 1. The quantitative estimate of drug-likeness (QED) is 0.654. The number of carbonyl (C=O) groups is 1. The van der Waals surface area contributed by atoms with E-state index in [0.29, 0.717) is 18.6 Å². The number of hydrogen-bond acceptors (Lipinski definition) is 5. The van der Waals surface area contributed by atoms with Gasteiger partial charge in [-0.3, -0.25) is 9.10 Å². The van der Waals surface area contributed by atoms with Crippen molar-refractivity contribution in [3.05, 3.63) is 53.1 Å². The van der Waals surface area contributed by atoms with Crippen LogP contribution in [0.5, 0.6) is 5.75 Å². The summed E-state index contributed by atoms with van der Waals surface area (Å²) < 4.78 is 33.3. The van der Waals surface area contributed by atoms with Gasteiger partial charge in [0.1, 0.15) is 12.3 Å². The number of sulfonamides is 1. The molecule has 2 atom stereocenters. The van der Waals surface area contributed by atoms with Crippen molar-refractivity contribution in [2.24, 2.45) is 0 Å². The van der Waals surface area contributed by atoms with Gasteiger partial charge in [0.15, 0.2) is 0 Å². The number of aryl methyl sites for hydroxylation is 1. The fourth-order valence-corrected chi connectivity index (χ4v) is 5.58. The average Bonchev–Trinajstić information content (AvgIpc) is 2.77. The van der Waals surface area contributed by atoms with E-state index in [2.05, 4.69) is 0 Å². The van der Waals surface area contributed by atoms with E-state index in [0.717, 1.165) is 22.7 Å². The molecule has 0 aliphatic heterocycles. The largest absolute Gasteiger partial charge is 0.495 e. The van der Waals surface area contributed by atoms with Crippen LogP contribution in [0.25, 0.3) is 0 Å². The lowest BCUT2D eigenvalue weighted by Gasteiger charge is -2.36. The summed E-state index contributed by atoms with van der Waals surface area (Å²) in [7, 11) is -0.978. The van der Waals surface area contributed by atoms with Gasteiger partial charge in [0, 0.05) is 7.05 Å². The fraction of sp³-hybridized carbons (Fsp3) is 0.435. The Labute approximate surface area is 194 Å². The summed E-state index contributed by atoms with van der Waals surface area (Å²) >= 11 is 6.26. The number of anilines is 1. The summed E-state index contributed by atoms with van der Waals surface area (Å²) in [6.07, 6.45) is 2.52. The molecule has 3 rings (SSSR count). The summed E-state index contributed by atoms with van der Waals surface area (Å²) in [6.45, 7) is 1.45. The van der Waals surface area contributed by atoms with Crippen molar-refractivity contribution in [2.75, 3.05) is 25.0 Å². The lowest BCUT2D eigenvalue weighted by Crippen LogP contribution is -2.50. The third-order valence-corrected chi connectivity index (χ3v) is 7.98. The molecule has 1 amide bonds. The number of methoxy groups -OCH3 is 1. The van der Waals surface area contributed by atoms with E-state index >= 15 is 0 Å². The average molecular weight is 481 g/mol. The van der Waals surface area contributed by atoms with Crippen LogP contribution in [0, 0.1) is 6.92 Å². The zero-order valence-corrected chi connectivity index (χ0v) is 20.1. The van der Waals surface area contributed by atoms with Crippen LogP contribution in [0.4, 0.5) is 5.69 Å². The molecule has 2 aromatic carbocycles. The van der Waals surface area contributed by atoms with Crippen LogP contribution in [-0.4, -0.2) is 57.2 Å². The predicted molar refractivity (Wildman–Crippen MR) is 125 cm³/mol. The van der Waals surface area contributed by atoms with E-state index in [-0.39, 0.29) is 21.6 Å². The maximum absolute atomic E-state index is 13.5. The molecule has 174 valence electrons. The van der Waals surface area contributed by atoms with E-state index in [9.17, 15) is 18.3 Å². The Bertz CT molecular complexity index is 1060. The molecular weight excluding hydrogens is 452 g/mol. The third kappa shape index (κ3) is 5.19. The van der Waals surface area contributed by atoms with Crippen LogP contribution in [-0.2, 0) is 14.8 Å². The van der Waals surface area contributed by atoms with Gasteiger partial charge in [0.2, 0.25) is 5.91 Å². The van der Waals surface area contributed by atoms with Gasteiger partial charge in [0.25, 0.3) is 10.0 Å². The van der Waals surface area contributed by atoms with Gasteiger partial charge < -0.3 is 14.7 Å². The zero-order chi connectivity index (χ0) is 23.5. The molecule has 1 N–H and O–H groups in total. The summed E-state index contributed by atoms with van der Waals surface area (Å²) in [4.78, 5) is 14.7. The summed E-state index contributed by atoms with van der Waals surface area (Å²) in [5, 5.41) is 10.6. The third-order valence-electron chi connectivity index (χ3n) is 5.90. The number of amides is 1. The maximum Gasteiger partial charge on any atom is 0.264 e. The van der Waals surface area contributed by atoms with E-state index < -0.39 is 28.6 Å². The molecule has 9 heteroatoms. The highest BCUT2D eigenvalue weighted by Crippen LogP contribution is 2.32. The molecule has 0 spiro atoms. The van der Waals surface area contributed by atoms with Crippen molar-refractivity contribution < 1.29 is 23.1 Å². The molecule has 32 heavy (non-hydrogen) atoms. The lowest BCUT2D eigenvalue weighted by atomic mass is 9.91. The molecule has 1 saturated carbocycles. The number of likely N-dealkylation sites (N-methyl/N-ethyl adjacent to an activating group) is 1. The van der Waals surface area contributed by atoms with Gasteiger partial charge in [-0.15, -0.1) is 0 Å². The van der Waals surface area contributed by atoms with Gasteiger partial charge in [-0.25, -0.2) is 8.42 Å². The van der Waals surface area contributed by atoms with Crippen molar-refractivity contribution in [3.63, 3.8) is 0 Å². The Morgan fingerprint density at radius 3 is 2.41 bits per heavy atom. The van der Waals surface area contributed by atoms with Gasteiger partial charge in [-0.05, 0) is 50.1 Å². The Hall–Kier alpha value is -2.29. The molecule has 0 radical (unpaired) electrons. The molecular formula is C23H29ClN2O5S. The van der Waals surface area contributed by atoms with Gasteiger partial charge in [-0.1, -0.05) is 42.1 Å². The van der Waals surface area contributed by atoms with Crippen LogP contribution < -0.4 is 9.04 Å². The highest BCUT2D eigenvalue weighted by molar-refractivity contribution is 7.92. The Kier molecular flexibility index (Phi) is 7.69. The minimum absolute atomic E-state index is 0.0724. The molecule has 1 fully saturated rings. The van der Waals surface area contributed by atoms with E-state index in [1.165, 1.54) is 30.2 Å². The first-order valence-electron chi connectivity index (χ1n) is 10.5. The molecule has 7 nitrogen and oxygen atoms in total. The molecule has 0 saturated heterocycles. The molecule has 0 bridgehead atoms. The smallest absolute Gasteiger partial charge is 0.264 e. The first kappa shape index (κ1) is 24.4. The first-order valence-corrected chi connectivity index (χ1v) is 12.3. The van der Waals surface area contributed by atoms with Crippen molar-refractivity contribution in [3.8, 4) is 5.75 Å². The predicted octanol–water partition coefficient (Wildman–Crippen LogP) is 3.61. The topological polar surface area (TPSA) is 87.2 Å². The van der Waals surface area contributed by atoms with Gasteiger partial charge >= 0.3 is 0 Å². The molecule has 1 aliphatic carbocycles. The van der Waals surface area contributed by atoms with Crippen LogP contribution in [0.15, 0.2) is 47.4 Å². The van der Waals surface area contributed by atoms with Crippen molar-refractivity contribution in [2.45, 2.75) is 49.6 Å². The number of aliphatic hydroxyl groups is 1. The summed E-state index contributed by atoms with van der Waals surface area (Å²) in [6, 6.07) is 10.7. The number of hydrogen-bond donors (Lipinski definition) is 1. The number of benzene rings is 2. The molecule has 1 aliphatic rings. The normalized spacial score (nSPS) is 18.8. The molecule has 0 aromatic heterocycles. The van der Waals surface area contributed by atoms with Crippen molar-refractivity contribution >= 4 is 33.2 Å². The number of ether oxygens (including phenoxy) is 1. The maximum atomic E-state index is 13.5. The van der Waals surface area contributed by atoms with Gasteiger partial charge in [0.05, 0.1) is 34.9 Å². The van der Waals surface area contributed by atoms with Gasteiger partial charge in [-0.2, -0.15) is 0 Å².